The first-order valence-corrected chi connectivity index (χ1v) is 10.6. The third-order valence-electron chi connectivity index (χ3n) is 6.18. The minimum Gasteiger partial charge on any atom is -0.473 e. The molecule has 2 N–H and O–H groups in total. The largest absolute Gasteiger partial charge is 0.473 e. The first kappa shape index (κ1) is 20.3. The minimum atomic E-state index is -0.717. The topological polar surface area (TPSA) is 107 Å². The summed E-state index contributed by atoms with van der Waals surface area (Å²) in [5.74, 6) is 0.591. The molecule has 2 aliphatic heterocycles. The van der Waals surface area contributed by atoms with Gasteiger partial charge in [-0.25, -0.2) is 14.8 Å². The molecule has 0 radical (unpaired) electrons. The summed E-state index contributed by atoms with van der Waals surface area (Å²) in [5, 5.41) is 5.63. The van der Waals surface area contributed by atoms with Crippen molar-refractivity contribution in [2.45, 2.75) is 38.9 Å². The Balaban J connectivity index is 1.55. The number of benzene rings is 1. The number of nitrogens with zero attached hydrogens (tertiary/aromatic N) is 3. The number of ether oxygens (including phenoxy) is 2. The van der Waals surface area contributed by atoms with Crippen molar-refractivity contribution in [1.82, 2.24) is 19.9 Å². The molecular formula is C23H25N5O4. The fraction of sp³-hybridized carbons (Fsp3) is 0.391. The molecule has 32 heavy (non-hydrogen) atoms. The number of cyclic esters (lactones) is 1. The SMILES string of the molecule is C[C@@H](Oc1nc(-c2ccc3c(c2)NC(=O)OC3(C)C)cc2ncn(C)c12)C1CNC(=O)C1. The van der Waals surface area contributed by atoms with Gasteiger partial charge in [0.15, 0.2) is 0 Å². The predicted octanol–water partition coefficient (Wildman–Crippen LogP) is 3.34. The average molecular weight is 435 g/mol. The predicted molar refractivity (Wildman–Crippen MR) is 118 cm³/mol. The van der Waals surface area contributed by atoms with Crippen LogP contribution in [-0.4, -0.2) is 39.2 Å². The van der Waals surface area contributed by atoms with Crippen LogP contribution in [-0.2, 0) is 22.2 Å². The number of nitrogens with one attached hydrogen (secondary N) is 2. The maximum absolute atomic E-state index is 12.0. The maximum atomic E-state index is 12.0. The van der Waals surface area contributed by atoms with E-state index in [0.29, 0.717) is 30.2 Å². The Bertz CT molecular complexity index is 1250. The Morgan fingerprint density at radius 1 is 1.28 bits per heavy atom. The summed E-state index contributed by atoms with van der Waals surface area (Å²) in [7, 11) is 1.89. The molecule has 1 aromatic carbocycles. The highest BCUT2D eigenvalue weighted by Crippen LogP contribution is 2.38. The standard InChI is InChI=1S/C23H25N5O4/c1-12(14-8-19(29)24-10-14)31-21-20-18(25-11-28(20)4)9-16(26-21)13-5-6-15-17(7-13)27-22(30)32-23(15,2)3/h5-7,9,11-12,14H,8,10H2,1-4H3,(H,24,29)(H,27,30)/t12-,14?/m1/s1. The quantitative estimate of drug-likeness (QED) is 0.651. The number of hydrogen-bond donors (Lipinski definition) is 2. The number of aromatic nitrogens is 3. The van der Waals surface area contributed by atoms with Crippen LogP contribution in [0.1, 0.15) is 32.8 Å². The Labute approximate surface area is 185 Å². The number of fused-ring (bicyclic) bond motifs is 2. The van der Waals surface area contributed by atoms with Crippen molar-refractivity contribution >= 4 is 28.7 Å². The van der Waals surface area contributed by atoms with Gasteiger partial charge in [0, 0.05) is 37.1 Å². The van der Waals surface area contributed by atoms with Gasteiger partial charge >= 0.3 is 6.09 Å². The number of carbonyl (C=O) groups excluding carboxylic acids is 2. The van der Waals surface area contributed by atoms with Crippen molar-refractivity contribution < 1.29 is 19.1 Å². The van der Waals surface area contributed by atoms with Crippen LogP contribution >= 0.6 is 0 Å². The highest BCUT2D eigenvalue weighted by atomic mass is 16.6. The monoisotopic (exact) mass is 435 g/mol. The number of amides is 2. The molecule has 0 aliphatic carbocycles. The molecule has 5 rings (SSSR count). The van der Waals surface area contributed by atoms with Crippen LogP contribution in [0, 0.1) is 5.92 Å². The van der Waals surface area contributed by atoms with Crippen molar-refractivity contribution in [2.24, 2.45) is 13.0 Å². The highest BCUT2D eigenvalue weighted by molar-refractivity contribution is 5.91. The van der Waals surface area contributed by atoms with Crippen LogP contribution in [0.5, 0.6) is 5.88 Å². The van der Waals surface area contributed by atoms with Crippen molar-refractivity contribution in [3.63, 3.8) is 0 Å². The van der Waals surface area contributed by atoms with Crippen molar-refractivity contribution in [3.05, 3.63) is 36.2 Å². The lowest BCUT2D eigenvalue weighted by Gasteiger charge is -2.32. The molecule has 0 bridgehead atoms. The fourth-order valence-electron chi connectivity index (χ4n) is 4.35. The molecule has 0 spiro atoms. The van der Waals surface area contributed by atoms with Gasteiger partial charge in [-0.05, 0) is 32.9 Å². The van der Waals surface area contributed by atoms with Crippen LogP contribution < -0.4 is 15.4 Å². The number of carbonyl (C=O) groups is 2. The van der Waals surface area contributed by atoms with Gasteiger partial charge in [0.2, 0.25) is 11.8 Å². The van der Waals surface area contributed by atoms with Gasteiger partial charge in [-0.15, -0.1) is 0 Å². The molecule has 9 nitrogen and oxygen atoms in total. The number of rotatable bonds is 4. The second-order valence-corrected chi connectivity index (χ2v) is 8.91. The smallest absolute Gasteiger partial charge is 0.412 e. The summed E-state index contributed by atoms with van der Waals surface area (Å²) >= 11 is 0. The van der Waals surface area contributed by atoms with E-state index in [1.807, 2.05) is 56.7 Å². The number of anilines is 1. The van der Waals surface area contributed by atoms with E-state index in [1.54, 1.807) is 6.33 Å². The summed E-state index contributed by atoms with van der Waals surface area (Å²) in [6.07, 6.45) is 1.49. The molecule has 1 saturated heterocycles. The van der Waals surface area contributed by atoms with Crippen LogP contribution in [0.2, 0.25) is 0 Å². The van der Waals surface area contributed by atoms with Crippen LogP contribution in [0.15, 0.2) is 30.6 Å². The summed E-state index contributed by atoms with van der Waals surface area (Å²) in [5.41, 5.74) is 3.92. The van der Waals surface area contributed by atoms with Gasteiger partial charge in [0.1, 0.15) is 17.2 Å². The number of pyridine rings is 1. The lowest BCUT2D eigenvalue weighted by atomic mass is 9.93. The van der Waals surface area contributed by atoms with Gasteiger partial charge in [0.05, 0.1) is 23.2 Å². The van der Waals surface area contributed by atoms with Crippen molar-refractivity contribution in [2.75, 3.05) is 11.9 Å². The first-order chi connectivity index (χ1) is 15.2. The van der Waals surface area contributed by atoms with E-state index in [4.69, 9.17) is 14.5 Å². The third-order valence-corrected chi connectivity index (χ3v) is 6.18. The van der Waals surface area contributed by atoms with E-state index in [-0.39, 0.29) is 17.9 Å². The number of imidazole rings is 1. The summed E-state index contributed by atoms with van der Waals surface area (Å²) in [6, 6.07) is 7.68. The molecule has 0 saturated carbocycles. The van der Waals surface area contributed by atoms with Crippen molar-refractivity contribution in [3.8, 4) is 17.1 Å². The molecule has 166 valence electrons. The Morgan fingerprint density at radius 2 is 2.09 bits per heavy atom. The Morgan fingerprint density at radius 3 is 2.84 bits per heavy atom. The Hall–Kier alpha value is -3.62. The second-order valence-electron chi connectivity index (χ2n) is 8.91. The van der Waals surface area contributed by atoms with E-state index in [1.165, 1.54) is 0 Å². The molecule has 4 heterocycles. The van der Waals surface area contributed by atoms with Crippen LogP contribution in [0.4, 0.5) is 10.5 Å². The first-order valence-electron chi connectivity index (χ1n) is 10.6. The summed E-state index contributed by atoms with van der Waals surface area (Å²) in [4.78, 5) is 32.9. The van der Waals surface area contributed by atoms with Gasteiger partial charge < -0.3 is 19.4 Å². The zero-order valence-corrected chi connectivity index (χ0v) is 18.4. The molecule has 2 aromatic heterocycles. The average Bonchev–Trinajstić information content (AvgIpc) is 3.32. The highest BCUT2D eigenvalue weighted by Gasteiger charge is 2.33. The van der Waals surface area contributed by atoms with E-state index >= 15 is 0 Å². The van der Waals surface area contributed by atoms with E-state index < -0.39 is 11.7 Å². The van der Waals surface area contributed by atoms with Crippen LogP contribution in [0.25, 0.3) is 22.3 Å². The van der Waals surface area contributed by atoms with Gasteiger partial charge in [0.25, 0.3) is 0 Å². The Kier molecular flexibility index (Phi) is 4.58. The lowest BCUT2D eigenvalue weighted by Crippen LogP contribution is -2.34. The third kappa shape index (κ3) is 3.43. The molecule has 2 atom stereocenters. The normalized spacial score (nSPS) is 20.3. The summed E-state index contributed by atoms with van der Waals surface area (Å²) < 4.78 is 13.5. The van der Waals surface area contributed by atoms with Crippen LogP contribution in [0.3, 0.4) is 0 Å². The van der Waals surface area contributed by atoms with Gasteiger partial charge in [-0.2, -0.15) is 0 Å². The maximum Gasteiger partial charge on any atom is 0.412 e. The van der Waals surface area contributed by atoms with Gasteiger partial charge in [-0.1, -0.05) is 12.1 Å². The molecule has 1 fully saturated rings. The fourth-order valence-corrected chi connectivity index (χ4v) is 4.35. The number of aryl methyl sites for hydroxylation is 1. The zero-order valence-electron chi connectivity index (χ0n) is 18.4. The zero-order chi connectivity index (χ0) is 22.6. The van der Waals surface area contributed by atoms with E-state index in [9.17, 15) is 9.59 Å². The van der Waals surface area contributed by atoms with E-state index in [0.717, 1.165) is 22.2 Å². The molecule has 2 amide bonds. The summed E-state index contributed by atoms with van der Waals surface area (Å²) in [6.45, 7) is 6.27. The van der Waals surface area contributed by atoms with Crippen molar-refractivity contribution in [1.29, 1.82) is 0 Å². The molecule has 1 unspecified atom stereocenters. The van der Waals surface area contributed by atoms with Gasteiger partial charge in [-0.3, -0.25) is 10.1 Å². The lowest BCUT2D eigenvalue weighted by molar-refractivity contribution is -0.119. The molecule has 9 heteroatoms. The molecular weight excluding hydrogens is 410 g/mol. The van der Waals surface area contributed by atoms with E-state index in [2.05, 4.69) is 15.6 Å². The molecule has 3 aromatic rings. The second kappa shape index (κ2) is 7.22. The minimum absolute atomic E-state index is 0.0425. The number of hydrogen-bond acceptors (Lipinski definition) is 6. The molecule has 2 aliphatic rings.